The van der Waals surface area contributed by atoms with Crippen LogP contribution in [-0.2, 0) is 9.53 Å². The molecule has 1 aromatic carbocycles. The first kappa shape index (κ1) is 20.7. The van der Waals surface area contributed by atoms with Gasteiger partial charge in [0.1, 0.15) is 5.75 Å². The molecular formula is C24H35NO4. The van der Waals surface area contributed by atoms with Gasteiger partial charge < -0.3 is 19.9 Å². The van der Waals surface area contributed by atoms with Gasteiger partial charge in [-0.15, -0.1) is 0 Å². The number of amides is 1. The van der Waals surface area contributed by atoms with E-state index in [1.54, 1.807) is 0 Å². The van der Waals surface area contributed by atoms with Gasteiger partial charge in [0, 0.05) is 19.1 Å². The van der Waals surface area contributed by atoms with E-state index in [0.717, 1.165) is 25.0 Å². The second kappa shape index (κ2) is 7.59. The summed E-state index contributed by atoms with van der Waals surface area (Å²) in [6.45, 7) is 9.29. The van der Waals surface area contributed by atoms with Gasteiger partial charge in [0.05, 0.1) is 18.8 Å². The van der Waals surface area contributed by atoms with Crippen molar-refractivity contribution in [3.8, 4) is 5.75 Å². The van der Waals surface area contributed by atoms with E-state index in [-0.39, 0.29) is 48.0 Å². The van der Waals surface area contributed by atoms with Crippen molar-refractivity contribution in [2.75, 3.05) is 13.2 Å². The van der Waals surface area contributed by atoms with Crippen LogP contribution in [0.2, 0.25) is 0 Å². The Kier molecular flexibility index (Phi) is 5.41. The van der Waals surface area contributed by atoms with Crippen LogP contribution in [0, 0.1) is 22.7 Å². The standard InChI is InChI=1S/C24H35NO4/c1-15(2)29-18-7-5-6-16(12-18)21-19-13-17-14-24(19,9-11-28-21)22(23(17,3)4)25-20(27)8-10-26/h5-7,12,15,17,19,21-22,26H,8-11,13-14H2,1-4H3,(H,25,27)/t17-,19-,21-,22+,24-/m1/s1. The van der Waals surface area contributed by atoms with Crippen LogP contribution in [0.25, 0.3) is 0 Å². The smallest absolute Gasteiger partial charge is 0.222 e. The summed E-state index contributed by atoms with van der Waals surface area (Å²) in [5, 5.41) is 12.5. The van der Waals surface area contributed by atoms with E-state index in [9.17, 15) is 9.90 Å². The van der Waals surface area contributed by atoms with E-state index in [4.69, 9.17) is 9.47 Å². The van der Waals surface area contributed by atoms with E-state index in [0.29, 0.717) is 18.4 Å². The van der Waals surface area contributed by atoms with Crippen LogP contribution in [0.3, 0.4) is 0 Å². The third kappa shape index (κ3) is 3.46. The number of hydrogen-bond acceptors (Lipinski definition) is 4. The molecule has 3 fully saturated rings. The lowest BCUT2D eigenvalue weighted by Gasteiger charge is -2.53. The fourth-order valence-corrected chi connectivity index (χ4v) is 6.49. The Morgan fingerprint density at radius 2 is 2.17 bits per heavy atom. The van der Waals surface area contributed by atoms with Crippen LogP contribution < -0.4 is 10.1 Å². The van der Waals surface area contributed by atoms with Gasteiger partial charge in [-0.2, -0.15) is 0 Å². The highest BCUT2D eigenvalue weighted by Crippen LogP contribution is 2.70. The van der Waals surface area contributed by atoms with Crippen molar-refractivity contribution in [2.45, 2.75) is 71.6 Å². The predicted octanol–water partition coefficient (Wildman–Crippen LogP) is 3.85. The van der Waals surface area contributed by atoms with Gasteiger partial charge in [0.15, 0.2) is 0 Å². The molecule has 4 rings (SSSR count). The largest absolute Gasteiger partial charge is 0.491 e. The molecule has 2 saturated carbocycles. The topological polar surface area (TPSA) is 67.8 Å². The molecule has 0 radical (unpaired) electrons. The zero-order chi connectivity index (χ0) is 20.8. The first-order valence-electron chi connectivity index (χ1n) is 11.1. The summed E-state index contributed by atoms with van der Waals surface area (Å²) in [4.78, 5) is 12.4. The molecule has 2 bridgehead atoms. The van der Waals surface area contributed by atoms with Gasteiger partial charge in [0.25, 0.3) is 0 Å². The van der Waals surface area contributed by atoms with E-state index < -0.39 is 0 Å². The molecule has 1 spiro atoms. The fraction of sp³-hybridized carbons (Fsp3) is 0.708. The fourth-order valence-electron chi connectivity index (χ4n) is 6.49. The maximum atomic E-state index is 12.4. The number of carbonyl (C=O) groups excluding carboxylic acids is 1. The monoisotopic (exact) mass is 401 g/mol. The lowest BCUT2D eigenvalue weighted by Crippen LogP contribution is -2.59. The zero-order valence-corrected chi connectivity index (χ0v) is 18.1. The number of hydrogen-bond donors (Lipinski definition) is 2. The maximum absolute atomic E-state index is 12.4. The summed E-state index contributed by atoms with van der Waals surface area (Å²) >= 11 is 0. The van der Waals surface area contributed by atoms with Crippen LogP contribution in [0.15, 0.2) is 24.3 Å². The van der Waals surface area contributed by atoms with Crippen molar-refractivity contribution in [3.05, 3.63) is 29.8 Å². The van der Waals surface area contributed by atoms with E-state index in [2.05, 4.69) is 37.4 Å². The second-order valence-electron chi connectivity index (χ2n) is 10.1. The van der Waals surface area contributed by atoms with Crippen LogP contribution in [0.4, 0.5) is 0 Å². The van der Waals surface area contributed by atoms with Crippen molar-refractivity contribution >= 4 is 5.91 Å². The molecule has 5 atom stereocenters. The van der Waals surface area contributed by atoms with E-state index in [1.165, 1.54) is 5.56 Å². The molecular weight excluding hydrogens is 366 g/mol. The molecule has 29 heavy (non-hydrogen) atoms. The lowest BCUT2D eigenvalue weighted by atomic mass is 9.59. The number of fused-ring (bicyclic) bond motifs is 1. The van der Waals surface area contributed by atoms with Gasteiger partial charge in [-0.1, -0.05) is 26.0 Å². The number of benzene rings is 1. The second-order valence-corrected chi connectivity index (χ2v) is 10.1. The normalized spacial score (nSPS) is 34.8. The number of ether oxygens (including phenoxy) is 2. The number of aliphatic hydroxyl groups is 1. The minimum Gasteiger partial charge on any atom is -0.491 e. The average molecular weight is 402 g/mol. The highest BCUT2D eigenvalue weighted by Gasteiger charge is 2.68. The Morgan fingerprint density at radius 1 is 1.38 bits per heavy atom. The van der Waals surface area contributed by atoms with Gasteiger partial charge in [0.2, 0.25) is 5.91 Å². The molecule has 1 amide bonds. The van der Waals surface area contributed by atoms with Crippen LogP contribution in [0.5, 0.6) is 5.75 Å². The van der Waals surface area contributed by atoms with Crippen LogP contribution >= 0.6 is 0 Å². The molecule has 5 nitrogen and oxygen atoms in total. The first-order chi connectivity index (χ1) is 13.8. The molecule has 1 saturated heterocycles. The average Bonchev–Trinajstić information content (AvgIpc) is 3.14. The van der Waals surface area contributed by atoms with Crippen molar-refractivity contribution in [3.63, 3.8) is 0 Å². The van der Waals surface area contributed by atoms with Gasteiger partial charge >= 0.3 is 0 Å². The van der Waals surface area contributed by atoms with Crippen LogP contribution in [-0.4, -0.2) is 36.4 Å². The molecule has 0 aromatic heterocycles. The van der Waals surface area contributed by atoms with Gasteiger partial charge in [-0.05, 0) is 73.5 Å². The molecule has 160 valence electrons. The van der Waals surface area contributed by atoms with E-state index in [1.807, 2.05) is 19.9 Å². The summed E-state index contributed by atoms with van der Waals surface area (Å²) in [7, 11) is 0. The Morgan fingerprint density at radius 3 is 2.90 bits per heavy atom. The maximum Gasteiger partial charge on any atom is 0.222 e. The number of nitrogens with one attached hydrogen (secondary N) is 1. The summed E-state index contributed by atoms with van der Waals surface area (Å²) in [6, 6.07) is 8.45. The molecule has 2 aliphatic carbocycles. The third-order valence-corrected chi connectivity index (χ3v) is 7.71. The molecule has 2 N–H and O–H groups in total. The quantitative estimate of drug-likeness (QED) is 0.760. The Bertz CT molecular complexity index is 761. The molecule has 1 aliphatic heterocycles. The third-order valence-electron chi connectivity index (χ3n) is 7.71. The highest BCUT2D eigenvalue weighted by atomic mass is 16.5. The van der Waals surface area contributed by atoms with Crippen molar-refractivity contribution < 1.29 is 19.4 Å². The lowest BCUT2D eigenvalue weighted by molar-refractivity contribution is -0.137. The summed E-state index contributed by atoms with van der Waals surface area (Å²) in [5.74, 6) is 1.81. The number of aliphatic hydroxyl groups excluding tert-OH is 1. The minimum atomic E-state index is -0.104. The molecule has 0 unspecified atom stereocenters. The van der Waals surface area contributed by atoms with Crippen molar-refractivity contribution in [2.24, 2.45) is 22.7 Å². The SMILES string of the molecule is CC(C)Oc1cccc([C@H]2OCC[C@@]34C[C@@H](C[C@H]23)C(C)(C)[C@@H]4NC(=O)CCO)c1. The van der Waals surface area contributed by atoms with Gasteiger partial charge in [-0.3, -0.25) is 4.79 Å². The first-order valence-corrected chi connectivity index (χ1v) is 11.1. The summed E-state index contributed by atoms with van der Waals surface area (Å²) in [6.07, 6.45) is 3.62. The Balaban J connectivity index is 1.63. The van der Waals surface area contributed by atoms with Crippen molar-refractivity contribution in [1.29, 1.82) is 0 Å². The molecule has 1 heterocycles. The predicted molar refractivity (Wildman–Crippen MR) is 112 cm³/mol. The number of rotatable bonds is 6. The van der Waals surface area contributed by atoms with E-state index >= 15 is 0 Å². The summed E-state index contributed by atoms with van der Waals surface area (Å²) < 4.78 is 12.3. The number of carbonyl (C=O) groups is 1. The zero-order valence-electron chi connectivity index (χ0n) is 18.1. The molecule has 1 aromatic rings. The summed E-state index contributed by atoms with van der Waals surface area (Å²) in [5.41, 5.74) is 1.31. The Hall–Kier alpha value is -1.59. The van der Waals surface area contributed by atoms with Crippen molar-refractivity contribution in [1.82, 2.24) is 5.32 Å². The molecule has 5 heteroatoms. The minimum absolute atomic E-state index is 0.0396. The molecule has 3 aliphatic rings. The highest BCUT2D eigenvalue weighted by molar-refractivity contribution is 5.76. The van der Waals surface area contributed by atoms with Crippen LogP contribution in [0.1, 0.15) is 65.0 Å². The van der Waals surface area contributed by atoms with Gasteiger partial charge in [-0.25, -0.2) is 0 Å². The Labute approximate surface area is 174 Å².